The standard InChI is InChI=1S/C17H21N3S/c1-5-13-8-6-7-10(2)16(13)20-14-9-11(3)19-12(4)15(14)17(18)21/h6-9H,5H2,1-4H3,(H2,18,21)(H,19,20). The number of nitrogens with one attached hydrogen (secondary N) is 1. The van der Waals surface area contributed by atoms with Crippen molar-refractivity contribution in [1.29, 1.82) is 0 Å². The lowest BCUT2D eigenvalue weighted by atomic mass is 10.0. The minimum absolute atomic E-state index is 0.370. The van der Waals surface area contributed by atoms with Gasteiger partial charge in [0, 0.05) is 17.1 Å². The van der Waals surface area contributed by atoms with E-state index in [1.54, 1.807) is 0 Å². The zero-order valence-corrected chi connectivity index (χ0v) is 13.8. The highest BCUT2D eigenvalue weighted by molar-refractivity contribution is 7.80. The number of para-hydroxylation sites is 1. The molecule has 4 heteroatoms. The summed E-state index contributed by atoms with van der Waals surface area (Å²) in [4.78, 5) is 4.82. The Kier molecular flexibility index (Phi) is 4.58. The van der Waals surface area contributed by atoms with Crippen molar-refractivity contribution in [3.8, 4) is 0 Å². The Labute approximate surface area is 131 Å². The minimum atomic E-state index is 0.370. The van der Waals surface area contributed by atoms with Crippen LogP contribution in [0.5, 0.6) is 0 Å². The van der Waals surface area contributed by atoms with E-state index in [2.05, 4.69) is 42.3 Å². The average Bonchev–Trinajstić information content (AvgIpc) is 2.39. The van der Waals surface area contributed by atoms with E-state index in [1.165, 1.54) is 11.1 Å². The second-order valence-electron chi connectivity index (χ2n) is 5.22. The van der Waals surface area contributed by atoms with E-state index in [1.807, 2.05) is 19.9 Å². The van der Waals surface area contributed by atoms with Crippen LogP contribution in [-0.4, -0.2) is 9.97 Å². The molecule has 0 amide bonds. The normalized spacial score (nSPS) is 10.5. The fourth-order valence-corrected chi connectivity index (χ4v) is 2.83. The molecule has 0 aliphatic carbocycles. The van der Waals surface area contributed by atoms with Gasteiger partial charge in [0.1, 0.15) is 4.99 Å². The number of nitrogens with two attached hydrogens (primary N) is 1. The Morgan fingerprint density at radius 2 is 2.00 bits per heavy atom. The van der Waals surface area contributed by atoms with E-state index < -0.39 is 0 Å². The van der Waals surface area contributed by atoms with E-state index in [9.17, 15) is 0 Å². The first kappa shape index (κ1) is 15.4. The second kappa shape index (κ2) is 6.22. The van der Waals surface area contributed by atoms with Gasteiger partial charge in [0.2, 0.25) is 0 Å². The molecule has 0 aliphatic heterocycles. The van der Waals surface area contributed by atoms with E-state index >= 15 is 0 Å². The number of rotatable bonds is 4. The van der Waals surface area contributed by atoms with Gasteiger partial charge >= 0.3 is 0 Å². The molecule has 1 heterocycles. The monoisotopic (exact) mass is 299 g/mol. The summed E-state index contributed by atoms with van der Waals surface area (Å²) in [6, 6.07) is 8.31. The first-order chi connectivity index (χ1) is 9.93. The largest absolute Gasteiger partial charge is 0.389 e. The number of thiocarbonyl (C=S) groups is 1. The summed E-state index contributed by atoms with van der Waals surface area (Å²) < 4.78 is 0. The third-order valence-corrected chi connectivity index (χ3v) is 3.78. The lowest BCUT2D eigenvalue weighted by Gasteiger charge is -2.18. The fraction of sp³-hybridized carbons (Fsp3) is 0.294. The maximum Gasteiger partial charge on any atom is 0.107 e. The summed E-state index contributed by atoms with van der Waals surface area (Å²) in [7, 11) is 0. The molecule has 0 saturated carbocycles. The molecule has 1 aromatic carbocycles. The van der Waals surface area contributed by atoms with Crippen molar-refractivity contribution >= 4 is 28.6 Å². The van der Waals surface area contributed by atoms with Gasteiger partial charge in [0.25, 0.3) is 0 Å². The zero-order valence-electron chi connectivity index (χ0n) is 12.9. The molecular formula is C17H21N3S. The first-order valence-corrected chi connectivity index (χ1v) is 7.48. The molecule has 110 valence electrons. The molecule has 0 radical (unpaired) electrons. The lowest BCUT2D eigenvalue weighted by Crippen LogP contribution is -2.15. The molecule has 2 rings (SSSR count). The van der Waals surface area contributed by atoms with Crippen LogP contribution in [-0.2, 0) is 6.42 Å². The maximum absolute atomic E-state index is 5.88. The molecule has 0 atom stereocenters. The summed E-state index contributed by atoms with van der Waals surface area (Å²) >= 11 is 5.19. The Bertz CT molecular complexity index is 693. The summed E-state index contributed by atoms with van der Waals surface area (Å²) in [6.07, 6.45) is 0.968. The van der Waals surface area contributed by atoms with Crippen LogP contribution in [0.2, 0.25) is 0 Å². The lowest BCUT2D eigenvalue weighted by molar-refractivity contribution is 1.11. The van der Waals surface area contributed by atoms with Crippen LogP contribution < -0.4 is 11.1 Å². The predicted molar refractivity (Wildman–Crippen MR) is 93.4 cm³/mol. The average molecular weight is 299 g/mol. The number of nitrogens with zero attached hydrogens (tertiary/aromatic N) is 1. The molecule has 21 heavy (non-hydrogen) atoms. The molecule has 0 unspecified atom stereocenters. The SMILES string of the molecule is CCc1cccc(C)c1Nc1cc(C)nc(C)c1C(N)=S. The van der Waals surface area contributed by atoms with Crippen molar-refractivity contribution in [3.63, 3.8) is 0 Å². The summed E-state index contributed by atoms with van der Waals surface area (Å²) in [6.45, 7) is 8.16. The number of hydrogen-bond acceptors (Lipinski definition) is 3. The van der Waals surface area contributed by atoms with Gasteiger partial charge in [-0.05, 0) is 44.4 Å². The molecule has 0 saturated heterocycles. The highest BCUT2D eigenvalue weighted by atomic mass is 32.1. The quantitative estimate of drug-likeness (QED) is 0.839. The van der Waals surface area contributed by atoms with Gasteiger partial charge < -0.3 is 11.1 Å². The van der Waals surface area contributed by atoms with Crippen molar-refractivity contribution in [1.82, 2.24) is 4.98 Å². The summed E-state index contributed by atoms with van der Waals surface area (Å²) in [5, 5.41) is 3.52. The van der Waals surface area contributed by atoms with E-state index in [0.29, 0.717) is 4.99 Å². The highest BCUT2D eigenvalue weighted by Crippen LogP contribution is 2.29. The number of anilines is 2. The van der Waals surface area contributed by atoms with Crippen LogP contribution in [0.25, 0.3) is 0 Å². The molecule has 1 aromatic heterocycles. The van der Waals surface area contributed by atoms with Gasteiger partial charge in [-0.2, -0.15) is 0 Å². The molecule has 0 fully saturated rings. The topological polar surface area (TPSA) is 50.9 Å². The van der Waals surface area contributed by atoms with E-state index in [4.69, 9.17) is 18.0 Å². The van der Waals surface area contributed by atoms with E-state index in [0.717, 1.165) is 34.7 Å². The Morgan fingerprint density at radius 3 is 2.62 bits per heavy atom. The number of hydrogen-bond donors (Lipinski definition) is 2. The molecule has 2 aromatic rings. The van der Waals surface area contributed by atoms with Crippen LogP contribution in [0.15, 0.2) is 24.3 Å². The van der Waals surface area contributed by atoms with Crippen LogP contribution in [0, 0.1) is 20.8 Å². The third-order valence-electron chi connectivity index (χ3n) is 3.57. The maximum atomic E-state index is 5.88. The van der Waals surface area contributed by atoms with Crippen LogP contribution in [0.4, 0.5) is 11.4 Å². The summed E-state index contributed by atoms with van der Waals surface area (Å²) in [5.74, 6) is 0. The van der Waals surface area contributed by atoms with Crippen molar-refractivity contribution in [2.75, 3.05) is 5.32 Å². The second-order valence-corrected chi connectivity index (χ2v) is 5.66. The van der Waals surface area contributed by atoms with Gasteiger partial charge in [-0.25, -0.2) is 0 Å². The number of aryl methyl sites for hydroxylation is 4. The highest BCUT2D eigenvalue weighted by Gasteiger charge is 2.13. The van der Waals surface area contributed by atoms with Gasteiger partial charge in [0.15, 0.2) is 0 Å². The van der Waals surface area contributed by atoms with Gasteiger partial charge in [-0.15, -0.1) is 0 Å². The molecular weight excluding hydrogens is 278 g/mol. The number of benzene rings is 1. The number of aromatic nitrogens is 1. The Hall–Kier alpha value is -1.94. The van der Waals surface area contributed by atoms with Crippen molar-refractivity contribution in [2.45, 2.75) is 34.1 Å². The van der Waals surface area contributed by atoms with Crippen molar-refractivity contribution < 1.29 is 0 Å². The third kappa shape index (κ3) is 3.22. The molecule has 0 bridgehead atoms. The molecule has 0 spiro atoms. The van der Waals surface area contributed by atoms with Crippen LogP contribution in [0.3, 0.4) is 0 Å². The number of pyridine rings is 1. The molecule has 3 nitrogen and oxygen atoms in total. The smallest absolute Gasteiger partial charge is 0.107 e. The Balaban J connectivity index is 2.57. The van der Waals surface area contributed by atoms with Crippen LogP contribution in [0.1, 0.15) is 35.0 Å². The zero-order chi connectivity index (χ0) is 15.6. The van der Waals surface area contributed by atoms with Crippen molar-refractivity contribution in [3.05, 3.63) is 52.3 Å². The predicted octanol–water partition coefficient (Wildman–Crippen LogP) is 3.95. The van der Waals surface area contributed by atoms with Gasteiger partial charge in [-0.1, -0.05) is 37.3 Å². The first-order valence-electron chi connectivity index (χ1n) is 7.07. The Morgan fingerprint density at radius 1 is 1.29 bits per heavy atom. The fourth-order valence-electron chi connectivity index (χ4n) is 2.57. The van der Waals surface area contributed by atoms with Crippen LogP contribution >= 0.6 is 12.2 Å². The molecule has 0 aliphatic rings. The van der Waals surface area contributed by atoms with Crippen molar-refractivity contribution in [2.24, 2.45) is 5.73 Å². The van der Waals surface area contributed by atoms with Gasteiger partial charge in [-0.3, -0.25) is 4.98 Å². The van der Waals surface area contributed by atoms with Gasteiger partial charge in [0.05, 0.1) is 11.3 Å². The van der Waals surface area contributed by atoms with E-state index in [-0.39, 0.29) is 0 Å². The minimum Gasteiger partial charge on any atom is -0.389 e. The summed E-state index contributed by atoms with van der Waals surface area (Å²) in [5.41, 5.74) is 13.0. The molecule has 3 N–H and O–H groups in total.